The fraction of sp³-hybridized carbons (Fsp3) is 0.692. The highest BCUT2D eigenvalue weighted by Gasteiger charge is 2.33. The minimum Gasteiger partial charge on any atom is -0.391 e. The molecule has 1 unspecified atom stereocenters. The summed E-state index contributed by atoms with van der Waals surface area (Å²) in [5.74, 6) is -0.0389. The summed E-state index contributed by atoms with van der Waals surface area (Å²) in [5.41, 5.74) is -1.02. The van der Waals surface area contributed by atoms with Crippen LogP contribution in [0, 0.1) is 5.92 Å². The lowest BCUT2D eigenvalue weighted by Crippen LogP contribution is -2.25. The van der Waals surface area contributed by atoms with Crippen molar-refractivity contribution < 1.29 is 18.3 Å². The third-order valence-corrected chi connectivity index (χ3v) is 2.81. The first-order valence-corrected chi connectivity index (χ1v) is 6.86. The van der Waals surface area contributed by atoms with E-state index in [0.29, 0.717) is 6.54 Å². The van der Waals surface area contributed by atoms with E-state index < -0.39 is 18.0 Å². The Morgan fingerprint density at radius 2 is 1.90 bits per heavy atom. The van der Waals surface area contributed by atoms with Crippen LogP contribution in [0.4, 0.5) is 24.9 Å². The molecule has 5 nitrogen and oxygen atoms in total. The predicted molar refractivity (Wildman–Crippen MR) is 75.1 cm³/mol. The zero-order valence-corrected chi connectivity index (χ0v) is 12.3. The minimum absolute atomic E-state index is 0.000824. The van der Waals surface area contributed by atoms with Crippen LogP contribution in [0.1, 0.15) is 32.9 Å². The Labute approximate surface area is 122 Å². The maximum atomic E-state index is 12.8. The predicted octanol–water partition coefficient (Wildman–Crippen LogP) is 2.75. The standard InChI is InChI=1S/C13H21F3N4O/c1-4-5-17-12-19-10(13(14,15)16)6-11(20-12)18-7-9(21)8(2)3/h6,8-9,21H,4-5,7H2,1-3H3,(H2,17,18,19,20). The Morgan fingerprint density at radius 3 is 2.43 bits per heavy atom. The van der Waals surface area contributed by atoms with E-state index in [9.17, 15) is 18.3 Å². The van der Waals surface area contributed by atoms with Gasteiger partial charge >= 0.3 is 6.18 Å². The molecule has 21 heavy (non-hydrogen) atoms. The van der Waals surface area contributed by atoms with Crippen molar-refractivity contribution in [2.45, 2.75) is 39.5 Å². The van der Waals surface area contributed by atoms with Crippen LogP contribution < -0.4 is 10.6 Å². The molecule has 1 atom stereocenters. The molecule has 1 heterocycles. The molecule has 120 valence electrons. The summed E-state index contributed by atoms with van der Waals surface area (Å²) in [4.78, 5) is 7.43. The van der Waals surface area contributed by atoms with Gasteiger partial charge in [-0.1, -0.05) is 20.8 Å². The summed E-state index contributed by atoms with van der Waals surface area (Å²) >= 11 is 0. The summed E-state index contributed by atoms with van der Waals surface area (Å²) in [7, 11) is 0. The van der Waals surface area contributed by atoms with Gasteiger partial charge in [-0.3, -0.25) is 0 Å². The van der Waals surface area contributed by atoms with E-state index in [1.54, 1.807) is 0 Å². The van der Waals surface area contributed by atoms with E-state index in [1.807, 2.05) is 20.8 Å². The van der Waals surface area contributed by atoms with E-state index in [1.165, 1.54) is 0 Å². The van der Waals surface area contributed by atoms with Gasteiger partial charge < -0.3 is 15.7 Å². The number of aliphatic hydroxyl groups is 1. The lowest BCUT2D eigenvalue weighted by molar-refractivity contribution is -0.141. The van der Waals surface area contributed by atoms with Crippen molar-refractivity contribution in [3.8, 4) is 0 Å². The Morgan fingerprint density at radius 1 is 1.24 bits per heavy atom. The van der Waals surface area contributed by atoms with Gasteiger partial charge in [0.1, 0.15) is 5.82 Å². The number of rotatable bonds is 7. The third kappa shape index (κ3) is 5.74. The number of hydrogen-bond donors (Lipinski definition) is 3. The fourth-order valence-electron chi connectivity index (χ4n) is 1.44. The molecule has 0 bridgehead atoms. The van der Waals surface area contributed by atoms with E-state index in [2.05, 4.69) is 20.6 Å². The van der Waals surface area contributed by atoms with Crippen LogP contribution in [0.15, 0.2) is 6.07 Å². The van der Waals surface area contributed by atoms with Crippen molar-refractivity contribution in [1.82, 2.24) is 9.97 Å². The molecule has 8 heteroatoms. The van der Waals surface area contributed by atoms with Gasteiger partial charge in [-0.05, 0) is 12.3 Å². The number of halogens is 3. The highest BCUT2D eigenvalue weighted by molar-refractivity contribution is 5.43. The molecule has 0 radical (unpaired) electrons. The van der Waals surface area contributed by atoms with E-state index in [-0.39, 0.29) is 24.2 Å². The molecule has 0 fully saturated rings. The van der Waals surface area contributed by atoms with Gasteiger partial charge in [-0.15, -0.1) is 0 Å². The number of anilines is 2. The smallest absolute Gasteiger partial charge is 0.391 e. The van der Waals surface area contributed by atoms with Gasteiger partial charge in [-0.25, -0.2) is 4.98 Å². The first-order valence-electron chi connectivity index (χ1n) is 6.86. The van der Waals surface area contributed by atoms with Gasteiger partial charge in [0.05, 0.1) is 6.10 Å². The molecular weight excluding hydrogens is 285 g/mol. The maximum Gasteiger partial charge on any atom is 0.433 e. The van der Waals surface area contributed by atoms with Crippen molar-refractivity contribution in [1.29, 1.82) is 0 Å². The number of aromatic nitrogens is 2. The number of aliphatic hydroxyl groups excluding tert-OH is 1. The van der Waals surface area contributed by atoms with Crippen molar-refractivity contribution in [3.63, 3.8) is 0 Å². The van der Waals surface area contributed by atoms with Gasteiger partial charge in [0.2, 0.25) is 5.95 Å². The lowest BCUT2D eigenvalue weighted by Gasteiger charge is -2.17. The van der Waals surface area contributed by atoms with Crippen LogP contribution in [0.2, 0.25) is 0 Å². The third-order valence-electron chi connectivity index (χ3n) is 2.81. The van der Waals surface area contributed by atoms with Crippen LogP contribution in [-0.2, 0) is 6.18 Å². The molecule has 1 aromatic heterocycles. The Kier molecular flexibility index (Phi) is 6.19. The van der Waals surface area contributed by atoms with Gasteiger partial charge in [0, 0.05) is 19.2 Å². The van der Waals surface area contributed by atoms with Crippen LogP contribution >= 0.6 is 0 Å². The fourth-order valence-corrected chi connectivity index (χ4v) is 1.44. The van der Waals surface area contributed by atoms with Crippen LogP contribution in [0.25, 0.3) is 0 Å². The topological polar surface area (TPSA) is 70.1 Å². The summed E-state index contributed by atoms with van der Waals surface area (Å²) in [6.07, 6.45) is -4.46. The zero-order chi connectivity index (χ0) is 16.0. The monoisotopic (exact) mass is 306 g/mol. The number of alkyl halides is 3. The SMILES string of the molecule is CCCNc1nc(NCC(O)C(C)C)cc(C(F)(F)F)n1. The Hall–Kier alpha value is -1.57. The number of hydrogen-bond acceptors (Lipinski definition) is 5. The van der Waals surface area contributed by atoms with Gasteiger partial charge in [-0.2, -0.15) is 18.2 Å². The molecule has 1 aromatic rings. The summed E-state index contributed by atoms with van der Waals surface area (Å²) in [5, 5.41) is 15.1. The molecule has 0 saturated heterocycles. The van der Waals surface area contributed by atoms with Crippen molar-refractivity contribution in [2.75, 3.05) is 23.7 Å². The largest absolute Gasteiger partial charge is 0.433 e. The van der Waals surface area contributed by atoms with Gasteiger partial charge in [0.15, 0.2) is 5.69 Å². The Bertz CT molecular complexity index is 452. The molecule has 0 aliphatic carbocycles. The second-order valence-electron chi connectivity index (χ2n) is 5.08. The molecule has 0 aromatic carbocycles. The van der Waals surface area contributed by atoms with E-state index in [0.717, 1.165) is 12.5 Å². The normalized spacial score (nSPS) is 13.3. The highest BCUT2D eigenvalue weighted by Crippen LogP contribution is 2.29. The average molecular weight is 306 g/mol. The Balaban J connectivity index is 2.91. The van der Waals surface area contributed by atoms with Crippen molar-refractivity contribution in [3.05, 3.63) is 11.8 Å². The van der Waals surface area contributed by atoms with Crippen LogP contribution in [-0.4, -0.2) is 34.3 Å². The minimum atomic E-state index is -4.54. The van der Waals surface area contributed by atoms with Crippen molar-refractivity contribution in [2.24, 2.45) is 5.92 Å². The molecule has 0 amide bonds. The van der Waals surface area contributed by atoms with E-state index in [4.69, 9.17) is 0 Å². The second-order valence-corrected chi connectivity index (χ2v) is 5.08. The van der Waals surface area contributed by atoms with Crippen molar-refractivity contribution >= 4 is 11.8 Å². The maximum absolute atomic E-state index is 12.8. The highest BCUT2D eigenvalue weighted by atomic mass is 19.4. The van der Waals surface area contributed by atoms with Crippen LogP contribution in [0.5, 0.6) is 0 Å². The quantitative estimate of drug-likeness (QED) is 0.722. The average Bonchev–Trinajstić information content (AvgIpc) is 2.41. The zero-order valence-electron chi connectivity index (χ0n) is 12.3. The molecule has 0 spiro atoms. The molecule has 0 aliphatic heterocycles. The van der Waals surface area contributed by atoms with E-state index >= 15 is 0 Å². The molecule has 3 N–H and O–H groups in total. The summed E-state index contributed by atoms with van der Waals surface area (Å²) in [6.45, 7) is 6.14. The molecule has 1 rings (SSSR count). The first kappa shape index (κ1) is 17.5. The lowest BCUT2D eigenvalue weighted by atomic mass is 10.1. The number of nitrogens with one attached hydrogen (secondary N) is 2. The molecule has 0 aliphatic rings. The number of nitrogens with zero attached hydrogens (tertiary/aromatic N) is 2. The summed E-state index contributed by atoms with van der Waals surface area (Å²) < 4.78 is 38.4. The molecular formula is C13H21F3N4O. The second kappa shape index (κ2) is 7.44. The van der Waals surface area contributed by atoms with Gasteiger partial charge in [0.25, 0.3) is 0 Å². The molecule has 0 saturated carbocycles. The van der Waals surface area contributed by atoms with Crippen LogP contribution in [0.3, 0.4) is 0 Å². The summed E-state index contributed by atoms with van der Waals surface area (Å²) in [6, 6.07) is 0.837. The first-order chi connectivity index (χ1) is 9.74.